The van der Waals surface area contributed by atoms with Crippen LogP contribution in [0.5, 0.6) is 0 Å². The van der Waals surface area contributed by atoms with Gasteiger partial charge in [0.15, 0.2) is 11.5 Å². The molecule has 5 aromatic heterocycles. The van der Waals surface area contributed by atoms with Crippen molar-refractivity contribution in [2.75, 3.05) is 11.4 Å². The number of nitrogens with one attached hydrogen (secondary N) is 1. The fraction of sp³-hybridized carbons (Fsp3) is 0.481. The lowest BCUT2D eigenvalue weighted by Gasteiger charge is -2.29. The van der Waals surface area contributed by atoms with Crippen LogP contribution in [0.4, 0.5) is 5.95 Å². The number of fused-ring (bicyclic) bond motifs is 1. The number of aryl methyl sites for hydroxylation is 1. The minimum Gasteiger partial charge on any atom is -0.337 e. The Bertz CT molecular complexity index is 1770. The van der Waals surface area contributed by atoms with Crippen LogP contribution in [-0.4, -0.2) is 51.3 Å². The number of hydrogen-bond acceptors (Lipinski definition) is 11. The summed E-state index contributed by atoms with van der Waals surface area (Å²) in [7, 11) is 0. The van der Waals surface area contributed by atoms with E-state index in [-0.39, 0.29) is 17.7 Å². The van der Waals surface area contributed by atoms with E-state index >= 15 is 0 Å². The van der Waals surface area contributed by atoms with Crippen molar-refractivity contribution in [3.8, 4) is 22.9 Å². The first-order valence-electron chi connectivity index (χ1n) is 14.0. The minimum atomic E-state index is -0.692. The molecule has 0 spiro atoms. The highest BCUT2D eigenvalue weighted by molar-refractivity contribution is 6.30. The summed E-state index contributed by atoms with van der Waals surface area (Å²) in [6.45, 7) is 5.68. The molecule has 6 heterocycles. The van der Waals surface area contributed by atoms with E-state index in [1.807, 2.05) is 13.0 Å². The molecule has 5 aromatic rings. The summed E-state index contributed by atoms with van der Waals surface area (Å²) < 4.78 is 12.6. The van der Waals surface area contributed by atoms with Crippen molar-refractivity contribution in [1.82, 2.24) is 44.8 Å². The Morgan fingerprint density at radius 1 is 1.05 bits per heavy atom. The van der Waals surface area contributed by atoms with E-state index in [9.17, 15) is 4.79 Å². The van der Waals surface area contributed by atoms with E-state index in [2.05, 4.69) is 41.7 Å². The van der Waals surface area contributed by atoms with E-state index in [0.29, 0.717) is 39.6 Å². The smallest absolute Gasteiger partial charge is 0.337 e. The van der Waals surface area contributed by atoms with E-state index in [1.54, 1.807) is 12.4 Å². The first-order valence-corrected chi connectivity index (χ1v) is 14.3. The van der Waals surface area contributed by atoms with Crippen molar-refractivity contribution in [2.24, 2.45) is 11.8 Å². The maximum Gasteiger partial charge on any atom is 0.439 e. The van der Waals surface area contributed by atoms with Gasteiger partial charge in [0.1, 0.15) is 17.3 Å². The summed E-state index contributed by atoms with van der Waals surface area (Å²) in [6, 6.07) is 1.71. The lowest BCUT2D eigenvalue weighted by atomic mass is 9.83. The topological polar surface area (TPSA) is 158 Å². The van der Waals surface area contributed by atoms with Crippen LogP contribution < -0.4 is 10.7 Å². The van der Waals surface area contributed by atoms with Gasteiger partial charge in [0, 0.05) is 31.0 Å². The quantitative estimate of drug-likeness (QED) is 0.297. The van der Waals surface area contributed by atoms with Gasteiger partial charge in [-0.15, -0.1) is 0 Å². The van der Waals surface area contributed by atoms with Gasteiger partial charge in [0.2, 0.25) is 23.5 Å². The third-order valence-electron chi connectivity index (χ3n) is 8.13. The van der Waals surface area contributed by atoms with Crippen molar-refractivity contribution < 1.29 is 9.05 Å². The zero-order chi connectivity index (χ0) is 28.1. The second-order valence-corrected chi connectivity index (χ2v) is 11.5. The molecule has 0 bridgehead atoms. The predicted octanol–water partition coefficient (Wildman–Crippen LogP) is 4.74. The molecule has 1 saturated heterocycles. The number of anilines is 1. The highest BCUT2D eigenvalue weighted by Crippen LogP contribution is 2.40. The van der Waals surface area contributed by atoms with Gasteiger partial charge in [-0.1, -0.05) is 41.7 Å². The van der Waals surface area contributed by atoms with Crippen LogP contribution in [-0.2, 0) is 6.54 Å². The fourth-order valence-electron chi connectivity index (χ4n) is 6.07. The van der Waals surface area contributed by atoms with Gasteiger partial charge in [0.05, 0.1) is 5.02 Å². The Balaban J connectivity index is 1.44. The average Bonchev–Trinajstić information content (AvgIpc) is 3.76. The predicted molar refractivity (Wildman–Crippen MR) is 149 cm³/mol. The molecule has 1 saturated carbocycles. The van der Waals surface area contributed by atoms with Crippen LogP contribution in [0.3, 0.4) is 0 Å². The monoisotopic (exact) mass is 576 g/mol. The van der Waals surface area contributed by atoms with E-state index in [4.69, 9.17) is 35.6 Å². The number of H-pyrrole nitrogens is 1. The first kappa shape index (κ1) is 25.8. The molecule has 1 N–H and O–H groups in total. The number of pyridine rings is 1. The first-order chi connectivity index (χ1) is 19.9. The van der Waals surface area contributed by atoms with Gasteiger partial charge in [-0.25, -0.2) is 14.8 Å². The van der Waals surface area contributed by atoms with Gasteiger partial charge < -0.3 is 14.0 Å². The molecule has 1 aliphatic carbocycles. The fourth-order valence-corrected chi connectivity index (χ4v) is 6.25. The van der Waals surface area contributed by atoms with Crippen LogP contribution in [0.1, 0.15) is 63.2 Å². The summed E-state index contributed by atoms with van der Waals surface area (Å²) in [4.78, 5) is 40.1. The molecule has 2 aliphatic rings. The van der Waals surface area contributed by atoms with Gasteiger partial charge in [-0.05, 0) is 50.5 Å². The molecule has 2 fully saturated rings. The normalized spacial score (nSPS) is 21.2. The number of hydrogen-bond donors (Lipinski definition) is 1. The van der Waals surface area contributed by atoms with Gasteiger partial charge in [-0.2, -0.15) is 9.97 Å². The number of rotatable bonds is 6. The minimum absolute atomic E-state index is 0.103. The lowest BCUT2D eigenvalue weighted by Crippen LogP contribution is -2.28. The van der Waals surface area contributed by atoms with Crippen LogP contribution in [0, 0.1) is 18.8 Å². The second-order valence-electron chi connectivity index (χ2n) is 11.1. The Morgan fingerprint density at radius 3 is 2.63 bits per heavy atom. The molecule has 0 radical (unpaired) electrons. The Labute approximate surface area is 239 Å². The molecule has 0 aromatic carbocycles. The third-order valence-corrected chi connectivity index (χ3v) is 8.33. The number of halogens is 1. The summed E-state index contributed by atoms with van der Waals surface area (Å²) in [6.07, 6.45) is 9.79. The van der Waals surface area contributed by atoms with Gasteiger partial charge >= 0.3 is 5.76 Å². The van der Waals surface area contributed by atoms with Crippen molar-refractivity contribution >= 4 is 28.7 Å². The summed E-state index contributed by atoms with van der Waals surface area (Å²) in [5.41, 5.74) is 2.54. The van der Waals surface area contributed by atoms with E-state index < -0.39 is 5.76 Å². The molecule has 1 atom stereocenters. The summed E-state index contributed by atoms with van der Waals surface area (Å²) in [5, 5.41) is 8.34. The van der Waals surface area contributed by atoms with Gasteiger partial charge in [-0.3, -0.25) is 14.5 Å². The number of aromatic amines is 1. The molecule has 0 amide bonds. The maximum atomic E-state index is 11.8. The molecule has 1 aliphatic heterocycles. The lowest BCUT2D eigenvalue weighted by molar-refractivity contribution is 0.266. The standard InChI is InChI=1S/C27H29ClN10O3/c1-14-5-7-16(8-6-14)13-38-21-20(17-10-18(28)12-29-11-17)31-23(24-34-27(39)41-36-24)32-22(21)33-26(38)37-9-3-4-19(37)25-30-15(2)35-40-25/h10-12,14,16,19H,3-9,13H2,1-2H3,(H,34,36,39)/t14-,16-,19?. The highest BCUT2D eigenvalue weighted by atomic mass is 35.5. The second kappa shape index (κ2) is 10.4. The van der Waals surface area contributed by atoms with Crippen molar-refractivity contribution in [3.05, 3.63) is 45.7 Å². The molecular weight excluding hydrogens is 548 g/mol. The van der Waals surface area contributed by atoms with Crippen molar-refractivity contribution in [2.45, 2.75) is 65.0 Å². The Hall–Kier alpha value is -4.13. The third kappa shape index (κ3) is 4.88. The van der Waals surface area contributed by atoms with Crippen molar-refractivity contribution in [3.63, 3.8) is 0 Å². The maximum absolute atomic E-state index is 11.8. The molecular formula is C27H29ClN10O3. The number of imidazole rings is 1. The highest BCUT2D eigenvalue weighted by Gasteiger charge is 2.36. The molecule has 13 nitrogen and oxygen atoms in total. The Kier molecular flexibility index (Phi) is 6.53. The number of nitrogens with zero attached hydrogens (tertiary/aromatic N) is 9. The van der Waals surface area contributed by atoms with Crippen LogP contribution in [0.2, 0.25) is 5.02 Å². The van der Waals surface area contributed by atoms with E-state index in [0.717, 1.165) is 56.2 Å². The molecule has 1 unspecified atom stereocenters. The number of aromatic nitrogens is 9. The summed E-state index contributed by atoms with van der Waals surface area (Å²) >= 11 is 6.38. The molecule has 14 heteroatoms. The largest absolute Gasteiger partial charge is 0.439 e. The zero-order valence-electron chi connectivity index (χ0n) is 22.7. The van der Waals surface area contributed by atoms with Gasteiger partial charge in [0.25, 0.3) is 0 Å². The average molecular weight is 577 g/mol. The molecule has 7 rings (SSSR count). The zero-order valence-corrected chi connectivity index (χ0v) is 23.5. The molecule has 41 heavy (non-hydrogen) atoms. The van der Waals surface area contributed by atoms with Crippen LogP contribution >= 0.6 is 11.6 Å². The SMILES string of the molecule is Cc1noc(C2CCCN2c2nc3nc(-c4noc(=O)[nH]4)nc(-c4cncc(Cl)c4)c3n2C[C@H]2CC[C@H](C)CC2)n1. The Morgan fingerprint density at radius 2 is 1.90 bits per heavy atom. The van der Waals surface area contributed by atoms with Crippen LogP contribution in [0.15, 0.2) is 32.3 Å². The molecule has 212 valence electrons. The summed E-state index contributed by atoms with van der Waals surface area (Å²) in [5.74, 6) is 2.78. The van der Waals surface area contributed by atoms with Crippen molar-refractivity contribution in [1.29, 1.82) is 0 Å². The van der Waals surface area contributed by atoms with E-state index in [1.165, 1.54) is 12.8 Å². The van der Waals surface area contributed by atoms with Crippen LogP contribution in [0.25, 0.3) is 34.1 Å².